The van der Waals surface area contributed by atoms with Crippen molar-refractivity contribution in [1.82, 2.24) is 10.2 Å². The van der Waals surface area contributed by atoms with Gasteiger partial charge in [-0.2, -0.15) is 0 Å². The van der Waals surface area contributed by atoms with E-state index in [9.17, 15) is 4.79 Å². The lowest BCUT2D eigenvalue weighted by Crippen LogP contribution is -2.51. The van der Waals surface area contributed by atoms with Crippen LogP contribution in [0.4, 0.5) is 0 Å². The van der Waals surface area contributed by atoms with Crippen molar-refractivity contribution in [2.24, 2.45) is 0 Å². The minimum absolute atomic E-state index is 0. The van der Waals surface area contributed by atoms with Crippen molar-refractivity contribution in [2.45, 2.75) is 13.0 Å². The quantitative estimate of drug-likeness (QED) is 0.735. The van der Waals surface area contributed by atoms with Gasteiger partial charge in [-0.25, -0.2) is 0 Å². The van der Waals surface area contributed by atoms with Gasteiger partial charge in [0, 0.05) is 34.3 Å². The predicted octanol–water partition coefficient (Wildman–Crippen LogP) is 2.80. The van der Waals surface area contributed by atoms with Crippen LogP contribution in [0.25, 0.3) is 0 Å². The zero-order valence-electron chi connectivity index (χ0n) is 9.95. The molecule has 0 aromatic heterocycles. The van der Waals surface area contributed by atoms with Crippen LogP contribution in [0.3, 0.4) is 0 Å². The van der Waals surface area contributed by atoms with Crippen LogP contribution < -0.4 is 5.32 Å². The lowest BCUT2D eigenvalue weighted by molar-refractivity contribution is 0.0708. The number of nitrogens with one attached hydrogen (secondary N) is 1. The molecule has 0 radical (unpaired) electrons. The van der Waals surface area contributed by atoms with E-state index in [0.717, 1.165) is 23.2 Å². The summed E-state index contributed by atoms with van der Waals surface area (Å²) < 4.78 is 0.947. The number of piperazine rings is 1. The summed E-state index contributed by atoms with van der Waals surface area (Å²) in [6, 6.07) is 5.78. The smallest absolute Gasteiger partial charge is 0.255 e. The van der Waals surface area contributed by atoms with Crippen LogP contribution in [0, 0.1) is 3.57 Å². The fourth-order valence-corrected chi connectivity index (χ4v) is 2.69. The highest BCUT2D eigenvalue weighted by Crippen LogP contribution is 2.20. The maximum absolute atomic E-state index is 12.4. The summed E-state index contributed by atoms with van der Waals surface area (Å²) in [7, 11) is 0. The summed E-state index contributed by atoms with van der Waals surface area (Å²) in [4.78, 5) is 14.2. The zero-order valence-corrected chi connectivity index (χ0v) is 13.7. The molecule has 100 valence electrons. The molecule has 18 heavy (non-hydrogen) atoms. The minimum Gasteiger partial charge on any atom is -0.336 e. The number of amides is 1. The van der Waals surface area contributed by atoms with Crippen LogP contribution in [0.2, 0.25) is 5.02 Å². The first-order chi connectivity index (χ1) is 8.08. The molecule has 1 aliphatic rings. The van der Waals surface area contributed by atoms with Gasteiger partial charge in [0.2, 0.25) is 0 Å². The van der Waals surface area contributed by atoms with E-state index in [0.29, 0.717) is 16.6 Å². The molecule has 1 aromatic rings. The second-order valence-corrected chi connectivity index (χ2v) is 5.83. The van der Waals surface area contributed by atoms with E-state index in [1.54, 1.807) is 12.1 Å². The topological polar surface area (TPSA) is 32.3 Å². The average Bonchev–Trinajstić information content (AvgIpc) is 2.31. The SMILES string of the molecule is C[C@H]1CN(C(=O)c2cc(Cl)ccc2I)CCN1.Cl. The van der Waals surface area contributed by atoms with E-state index < -0.39 is 0 Å². The number of halogens is 3. The van der Waals surface area contributed by atoms with Crippen LogP contribution in [0.5, 0.6) is 0 Å². The average molecular weight is 401 g/mol. The maximum atomic E-state index is 12.4. The van der Waals surface area contributed by atoms with Crippen molar-refractivity contribution in [3.05, 3.63) is 32.4 Å². The first-order valence-electron chi connectivity index (χ1n) is 5.55. The second kappa shape index (κ2) is 6.93. The van der Waals surface area contributed by atoms with E-state index in [-0.39, 0.29) is 18.3 Å². The van der Waals surface area contributed by atoms with E-state index in [1.165, 1.54) is 0 Å². The summed E-state index contributed by atoms with van der Waals surface area (Å²) in [6.07, 6.45) is 0. The number of carbonyl (C=O) groups is 1. The Labute approximate surface area is 132 Å². The van der Waals surface area contributed by atoms with Gasteiger partial charge in [-0.1, -0.05) is 11.6 Å². The number of carbonyl (C=O) groups excluding carboxylic acids is 1. The van der Waals surface area contributed by atoms with E-state index >= 15 is 0 Å². The molecular weight excluding hydrogens is 386 g/mol. The van der Waals surface area contributed by atoms with Crippen LogP contribution in [-0.2, 0) is 0 Å². The molecule has 1 amide bonds. The summed E-state index contributed by atoms with van der Waals surface area (Å²) in [5.74, 6) is 0.0743. The maximum Gasteiger partial charge on any atom is 0.255 e. The molecule has 2 rings (SSSR count). The normalized spacial score (nSPS) is 19.3. The molecule has 0 spiro atoms. The fraction of sp³-hybridized carbons (Fsp3) is 0.417. The molecule has 1 atom stereocenters. The molecule has 0 unspecified atom stereocenters. The van der Waals surface area contributed by atoms with Crippen LogP contribution in [0.1, 0.15) is 17.3 Å². The van der Waals surface area contributed by atoms with Crippen molar-refractivity contribution in [2.75, 3.05) is 19.6 Å². The van der Waals surface area contributed by atoms with Gasteiger partial charge in [-0.3, -0.25) is 4.79 Å². The van der Waals surface area contributed by atoms with Gasteiger partial charge in [0.25, 0.3) is 5.91 Å². The third-order valence-corrected chi connectivity index (χ3v) is 3.99. The van der Waals surface area contributed by atoms with Crippen LogP contribution in [0.15, 0.2) is 18.2 Å². The molecule has 6 heteroatoms. The van der Waals surface area contributed by atoms with E-state index in [1.807, 2.05) is 11.0 Å². The van der Waals surface area contributed by atoms with Gasteiger partial charge in [-0.15, -0.1) is 12.4 Å². The molecular formula is C12H15Cl2IN2O. The van der Waals surface area contributed by atoms with Crippen molar-refractivity contribution < 1.29 is 4.79 Å². The molecule has 3 nitrogen and oxygen atoms in total. The highest BCUT2D eigenvalue weighted by molar-refractivity contribution is 14.1. The van der Waals surface area contributed by atoms with E-state index in [2.05, 4.69) is 34.8 Å². The molecule has 1 saturated heterocycles. The third kappa shape index (κ3) is 3.73. The number of benzene rings is 1. The molecule has 0 aliphatic carbocycles. The largest absolute Gasteiger partial charge is 0.336 e. The number of rotatable bonds is 1. The highest BCUT2D eigenvalue weighted by atomic mass is 127. The minimum atomic E-state index is 0. The van der Waals surface area contributed by atoms with Gasteiger partial charge < -0.3 is 10.2 Å². The third-order valence-electron chi connectivity index (χ3n) is 2.81. The molecule has 1 heterocycles. The molecule has 1 aromatic carbocycles. The van der Waals surface area contributed by atoms with Crippen molar-refractivity contribution in [3.8, 4) is 0 Å². The number of nitrogens with zero attached hydrogens (tertiary/aromatic N) is 1. The second-order valence-electron chi connectivity index (χ2n) is 4.23. The lowest BCUT2D eigenvalue weighted by Gasteiger charge is -2.32. The van der Waals surface area contributed by atoms with Gasteiger partial charge >= 0.3 is 0 Å². The Balaban J connectivity index is 0.00000162. The van der Waals surface area contributed by atoms with E-state index in [4.69, 9.17) is 11.6 Å². The molecule has 1 aliphatic heterocycles. The lowest BCUT2D eigenvalue weighted by atomic mass is 10.1. The number of hydrogen-bond acceptors (Lipinski definition) is 2. The summed E-state index contributed by atoms with van der Waals surface area (Å²) in [5.41, 5.74) is 0.701. The van der Waals surface area contributed by atoms with Gasteiger partial charge in [0.1, 0.15) is 0 Å². The molecule has 0 bridgehead atoms. The Bertz CT molecular complexity index is 442. The first kappa shape index (κ1) is 16.0. The zero-order chi connectivity index (χ0) is 12.4. The van der Waals surface area contributed by atoms with Crippen molar-refractivity contribution in [1.29, 1.82) is 0 Å². The van der Waals surface area contributed by atoms with Gasteiger partial charge in [0.05, 0.1) is 5.56 Å². The molecule has 1 fully saturated rings. The predicted molar refractivity (Wildman–Crippen MR) is 84.8 cm³/mol. The number of hydrogen-bond donors (Lipinski definition) is 1. The highest BCUT2D eigenvalue weighted by Gasteiger charge is 2.23. The summed E-state index contributed by atoms with van der Waals surface area (Å²) >= 11 is 8.11. The monoisotopic (exact) mass is 400 g/mol. The van der Waals surface area contributed by atoms with Crippen molar-refractivity contribution in [3.63, 3.8) is 0 Å². The Kier molecular flexibility index (Phi) is 6.17. The molecule has 0 saturated carbocycles. The summed E-state index contributed by atoms with van der Waals surface area (Å²) in [5, 5.41) is 3.93. The first-order valence-corrected chi connectivity index (χ1v) is 7.01. The Morgan fingerprint density at radius 3 is 2.94 bits per heavy atom. The van der Waals surface area contributed by atoms with Crippen LogP contribution in [-0.4, -0.2) is 36.5 Å². The standard InChI is InChI=1S/C12H14ClIN2O.ClH/c1-8-7-16(5-4-15-8)12(17)10-6-9(13)2-3-11(10)14;/h2-3,6,8,15H,4-5,7H2,1H3;1H/t8-;/m0./s1. The Morgan fingerprint density at radius 1 is 1.56 bits per heavy atom. The van der Waals surface area contributed by atoms with Crippen LogP contribution >= 0.6 is 46.6 Å². The summed E-state index contributed by atoms with van der Waals surface area (Å²) in [6.45, 7) is 4.44. The van der Waals surface area contributed by atoms with Crippen molar-refractivity contribution >= 4 is 52.5 Å². The fourth-order valence-electron chi connectivity index (χ4n) is 1.95. The van der Waals surface area contributed by atoms with Gasteiger partial charge in [-0.05, 0) is 47.7 Å². The molecule has 1 N–H and O–H groups in total. The van der Waals surface area contributed by atoms with Gasteiger partial charge in [0.15, 0.2) is 0 Å². The Morgan fingerprint density at radius 2 is 2.28 bits per heavy atom. The Hall–Kier alpha value is -0.0400.